The lowest BCUT2D eigenvalue weighted by atomic mass is 10.2. The average molecular weight is 208 g/mol. The zero-order valence-electron chi connectivity index (χ0n) is 9.33. The molecule has 15 heavy (non-hydrogen) atoms. The molecule has 3 N–H and O–H groups in total. The van der Waals surface area contributed by atoms with Gasteiger partial charge < -0.3 is 15.8 Å². The van der Waals surface area contributed by atoms with Gasteiger partial charge in [0.2, 0.25) is 0 Å². The maximum absolute atomic E-state index is 5.40. The third kappa shape index (κ3) is 4.81. The van der Waals surface area contributed by atoms with E-state index in [0.29, 0.717) is 6.61 Å². The minimum absolute atomic E-state index is 0.716. The van der Waals surface area contributed by atoms with Crippen LogP contribution in [0, 0.1) is 0 Å². The molecule has 0 saturated carbocycles. The molecule has 3 heteroatoms. The van der Waals surface area contributed by atoms with Crippen molar-refractivity contribution < 1.29 is 4.74 Å². The van der Waals surface area contributed by atoms with Crippen LogP contribution in [0.5, 0.6) is 5.75 Å². The molecule has 0 radical (unpaired) electrons. The molecule has 0 aliphatic heterocycles. The van der Waals surface area contributed by atoms with E-state index in [9.17, 15) is 0 Å². The fraction of sp³-hybridized carbons (Fsp3) is 0.500. The van der Waals surface area contributed by atoms with E-state index in [4.69, 9.17) is 10.5 Å². The topological polar surface area (TPSA) is 47.3 Å². The van der Waals surface area contributed by atoms with Crippen LogP contribution in [0.25, 0.3) is 0 Å². The first-order valence-corrected chi connectivity index (χ1v) is 5.49. The zero-order chi connectivity index (χ0) is 10.9. The Balaban J connectivity index is 2.29. The quantitative estimate of drug-likeness (QED) is 0.668. The summed E-state index contributed by atoms with van der Waals surface area (Å²) in [5.74, 6) is 0.934. The molecule has 0 fully saturated rings. The minimum Gasteiger partial charge on any atom is -0.494 e. The number of ether oxygens (including phenoxy) is 1. The van der Waals surface area contributed by atoms with Crippen LogP contribution in [0.3, 0.4) is 0 Å². The number of benzene rings is 1. The second-order valence-corrected chi connectivity index (χ2v) is 3.40. The second-order valence-electron chi connectivity index (χ2n) is 3.40. The fourth-order valence-corrected chi connectivity index (χ4v) is 1.33. The predicted molar refractivity (Wildman–Crippen MR) is 63.0 cm³/mol. The number of rotatable bonds is 7. The average Bonchev–Trinajstić information content (AvgIpc) is 2.27. The molecule has 1 rings (SSSR count). The van der Waals surface area contributed by atoms with Gasteiger partial charge >= 0.3 is 0 Å². The molecular formula is C12H20N2O. The van der Waals surface area contributed by atoms with E-state index >= 15 is 0 Å². The van der Waals surface area contributed by atoms with Gasteiger partial charge in [0.25, 0.3) is 0 Å². The molecule has 0 aliphatic carbocycles. The Morgan fingerprint density at radius 1 is 1.27 bits per heavy atom. The summed E-state index contributed by atoms with van der Waals surface area (Å²) >= 11 is 0. The van der Waals surface area contributed by atoms with Crippen LogP contribution in [0.15, 0.2) is 24.3 Å². The summed E-state index contributed by atoms with van der Waals surface area (Å²) in [4.78, 5) is 0. The Labute approximate surface area is 91.6 Å². The minimum atomic E-state index is 0.716. The van der Waals surface area contributed by atoms with Crippen LogP contribution in [-0.4, -0.2) is 19.7 Å². The molecule has 1 aromatic carbocycles. The summed E-state index contributed by atoms with van der Waals surface area (Å²) < 4.78 is 5.37. The standard InChI is InChI=1S/C12H20N2O/c1-2-15-12-6-4-11(5-7-12)10-14-9-3-8-13/h4-7,14H,2-3,8-10,13H2,1H3. The Morgan fingerprint density at radius 3 is 2.60 bits per heavy atom. The van der Waals surface area contributed by atoms with Crippen LogP contribution in [0.2, 0.25) is 0 Å². The second kappa shape index (κ2) is 7.26. The van der Waals surface area contributed by atoms with Crippen LogP contribution < -0.4 is 15.8 Å². The molecule has 0 aromatic heterocycles. The van der Waals surface area contributed by atoms with E-state index < -0.39 is 0 Å². The Bertz CT molecular complexity index is 259. The molecule has 84 valence electrons. The van der Waals surface area contributed by atoms with Crippen LogP contribution >= 0.6 is 0 Å². The van der Waals surface area contributed by atoms with Gasteiger partial charge in [-0.25, -0.2) is 0 Å². The smallest absolute Gasteiger partial charge is 0.119 e. The number of hydrogen-bond acceptors (Lipinski definition) is 3. The van der Waals surface area contributed by atoms with Crippen molar-refractivity contribution in [2.45, 2.75) is 19.9 Å². The maximum atomic E-state index is 5.40. The third-order valence-corrected chi connectivity index (χ3v) is 2.12. The van der Waals surface area contributed by atoms with Gasteiger partial charge in [-0.3, -0.25) is 0 Å². The number of nitrogens with two attached hydrogens (primary N) is 1. The van der Waals surface area contributed by atoms with Crippen molar-refractivity contribution in [1.29, 1.82) is 0 Å². The summed E-state index contributed by atoms with van der Waals surface area (Å²) in [6.07, 6.45) is 1.02. The SMILES string of the molecule is CCOc1ccc(CNCCCN)cc1. The molecule has 0 bridgehead atoms. The van der Waals surface area contributed by atoms with Gasteiger partial charge in [0.05, 0.1) is 6.61 Å². The summed E-state index contributed by atoms with van der Waals surface area (Å²) in [6.45, 7) is 5.32. The molecule has 0 spiro atoms. The highest BCUT2D eigenvalue weighted by Gasteiger charge is 1.94. The molecule has 0 saturated heterocycles. The van der Waals surface area contributed by atoms with E-state index in [2.05, 4.69) is 17.4 Å². The van der Waals surface area contributed by atoms with Gasteiger partial charge in [0.1, 0.15) is 5.75 Å². The van der Waals surface area contributed by atoms with E-state index in [-0.39, 0.29) is 0 Å². The van der Waals surface area contributed by atoms with Crippen molar-refractivity contribution >= 4 is 0 Å². The highest BCUT2D eigenvalue weighted by atomic mass is 16.5. The van der Waals surface area contributed by atoms with Crippen molar-refractivity contribution in [2.75, 3.05) is 19.7 Å². The van der Waals surface area contributed by atoms with Crippen molar-refractivity contribution in [3.63, 3.8) is 0 Å². The van der Waals surface area contributed by atoms with E-state index in [1.165, 1.54) is 5.56 Å². The van der Waals surface area contributed by atoms with Crippen LogP contribution in [-0.2, 0) is 6.54 Å². The maximum Gasteiger partial charge on any atom is 0.119 e. The first-order chi connectivity index (χ1) is 7.36. The lowest BCUT2D eigenvalue weighted by Crippen LogP contribution is -2.17. The zero-order valence-corrected chi connectivity index (χ0v) is 9.33. The third-order valence-electron chi connectivity index (χ3n) is 2.12. The predicted octanol–water partition coefficient (Wildman–Crippen LogP) is 1.52. The first-order valence-electron chi connectivity index (χ1n) is 5.49. The normalized spacial score (nSPS) is 10.3. The van der Waals surface area contributed by atoms with Gasteiger partial charge in [0.15, 0.2) is 0 Å². The van der Waals surface area contributed by atoms with E-state index in [1.807, 2.05) is 19.1 Å². The van der Waals surface area contributed by atoms with Crippen molar-refractivity contribution in [3.8, 4) is 5.75 Å². The van der Waals surface area contributed by atoms with Crippen LogP contribution in [0.4, 0.5) is 0 Å². The number of nitrogens with one attached hydrogen (secondary N) is 1. The van der Waals surface area contributed by atoms with E-state index in [1.54, 1.807) is 0 Å². The Hall–Kier alpha value is -1.06. The lowest BCUT2D eigenvalue weighted by Gasteiger charge is -2.06. The number of hydrogen-bond donors (Lipinski definition) is 2. The molecule has 3 nitrogen and oxygen atoms in total. The van der Waals surface area contributed by atoms with Gasteiger partial charge in [0, 0.05) is 6.54 Å². The van der Waals surface area contributed by atoms with Gasteiger partial charge in [-0.15, -0.1) is 0 Å². The summed E-state index contributed by atoms with van der Waals surface area (Å²) in [5.41, 5.74) is 6.68. The van der Waals surface area contributed by atoms with Gasteiger partial charge in [-0.05, 0) is 44.1 Å². The fourth-order valence-electron chi connectivity index (χ4n) is 1.33. The Morgan fingerprint density at radius 2 is 2.00 bits per heavy atom. The molecule has 0 unspecified atom stereocenters. The monoisotopic (exact) mass is 208 g/mol. The summed E-state index contributed by atoms with van der Waals surface area (Å²) in [7, 11) is 0. The first kappa shape index (κ1) is 12.0. The van der Waals surface area contributed by atoms with Crippen molar-refractivity contribution in [3.05, 3.63) is 29.8 Å². The van der Waals surface area contributed by atoms with Crippen LogP contribution in [0.1, 0.15) is 18.9 Å². The Kier molecular flexibility index (Phi) is 5.81. The highest BCUT2D eigenvalue weighted by Crippen LogP contribution is 2.11. The molecule has 0 heterocycles. The lowest BCUT2D eigenvalue weighted by molar-refractivity contribution is 0.340. The summed E-state index contributed by atoms with van der Waals surface area (Å²) in [6, 6.07) is 8.17. The molecule has 0 amide bonds. The molecule has 1 aromatic rings. The molecular weight excluding hydrogens is 188 g/mol. The molecule has 0 atom stereocenters. The molecule has 0 aliphatic rings. The highest BCUT2D eigenvalue weighted by molar-refractivity contribution is 5.27. The van der Waals surface area contributed by atoms with Crippen molar-refractivity contribution in [2.24, 2.45) is 5.73 Å². The largest absolute Gasteiger partial charge is 0.494 e. The van der Waals surface area contributed by atoms with Gasteiger partial charge in [-0.2, -0.15) is 0 Å². The van der Waals surface area contributed by atoms with E-state index in [0.717, 1.165) is 31.8 Å². The van der Waals surface area contributed by atoms with Gasteiger partial charge in [-0.1, -0.05) is 12.1 Å². The van der Waals surface area contributed by atoms with Crippen molar-refractivity contribution in [1.82, 2.24) is 5.32 Å². The summed E-state index contributed by atoms with van der Waals surface area (Å²) in [5, 5.41) is 3.33.